The number of hydrogen-bond acceptors (Lipinski definition) is 7. The Kier molecular flexibility index (Phi) is 3.81. The van der Waals surface area contributed by atoms with Crippen molar-refractivity contribution in [2.75, 3.05) is 17.2 Å². The second-order valence-corrected chi connectivity index (χ2v) is 8.34. The van der Waals surface area contributed by atoms with Gasteiger partial charge in [-0.25, -0.2) is 9.97 Å². The molecule has 0 radical (unpaired) electrons. The number of nitrogen functional groups attached to an aromatic ring is 1. The average Bonchev–Trinajstić information content (AvgIpc) is 3.33. The number of hydrogen-bond donors (Lipinski definition) is 1. The third-order valence-corrected chi connectivity index (χ3v) is 6.59. The first-order valence-corrected chi connectivity index (χ1v) is 10.3. The van der Waals surface area contributed by atoms with E-state index in [9.17, 15) is 5.26 Å². The Labute approximate surface area is 164 Å². The molecular formula is C20H15N5S2. The van der Waals surface area contributed by atoms with Gasteiger partial charge in [-0.15, -0.1) is 11.3 Å². The lowest BCUT2D eigenvalue weighted by Crippen LogP contribution is -2.30. The van der Waals surface area contributed by atoms with Gasteiger partial charge in [0.05, 0.1) is 17.6 Å². The number of aromatic nitrogens is 2. The minimum Gasteiger partial charge on any atom is -0.389 e. The third kappa shape index (κ3) is 2.65. The van der Waals surface area contributed by atoms with E-state index in [-0.39, 0.29) is 0 Å². The van der Waals surface area contributed by atoms with Crippen LogP contribution < -0.4 is 10.6 Å². The first-order valence-electron chi connectivity index (χ1n) is 8.59. The summed E-state index contributed by atoms with van der Waals surface area (Å²) >= 11 is 3.16. The molecule has 0 aliphatic carbocycles. The molecule has 0 amide bonds. The SMILES string of the molecule is N#Cc1c(N)sc2c1CCN(c1nc(-c3ccsc3)nc3ccccc13)C2. The molecule has 0 unspecified atom stereocenters. The zero-order valence-corrected chi connectivity index (χ0v) is 16.0. The normalized spacial score (nSPS) is 13.5. The lowest BCUT2D eigenvalue weighted by Gasteiger charge is -2.29. The molecule has 2 N–H and O–H groups in total. The van der Waals surface area contributed by atoms with Crippen molar-refractivity contribution in [2.24, 2.45) is 0 Å². The molecule has 4 heterocycles. The zero-order chi connectivity index (χ0) is 18.4. The molecule has 5 rings (SSSR count). The summed E-state index contributed by atoms with van der Waals surface area (Å²) < 4.78 is 0. The lowest BCUT2D eigenvalue weighted by atomic mass is 10.0. The molecule has 0 spiro atoms. The highest BCUT2D eigenvalue weighted by Crippen LogP contribution is 2.37. The molecule has 1 aromatic carbocycles. The van der Waals surface area contributed by atoms with E-state index in [1.807, 2.05) is 29.6 Å². The van der Waals surface area contributed by atoms with Crippen molar-refractivity contribution >= 4 is 44.4 Å². The standard InChI is InChI=1S/C20H15N5S2/c21-9-15-13-5-7-25(10-17(13)27-18(15)22)20-14-3-1-2-4-16(14)23-19(24-20)12-6-8-26-11-12/h1-4,6,8,11H,5,7,10,22H2. The second-order valence-electron chi connectivity index (χ2n) is 6.43. The van der Waals surface area contributed by atoms with Crippen LogP contribution in [0.1, 0.15) is 16.0 Å². The highest BCUT2D eigenvalue weighted by molar-refractivity contribution is 7.16. The van der Waals surface area contributed by atoms with Crippen LogP contribution in [0.15, 0.2) is 41.1 Å². The van der Waals surface area contributed by atoms with Crippen LogP contribution in [0, 0.1) is 11.3 Å². The summed E-state index contributed by atoms with van der Waals surface area (Å²) in [5.41, 5.74) is 9.79. The number of anilines is 2. The Hall–Kier alpha value is -2.95. The summed E-state index contributed by atoms with van der Waals surface area (Å²) in [6, 6.07) is 12.4. The summed E-state index contributed by atoms with van der Waals surface area (Å²) in [4.78, 5) is 13.1. The van der Waals surface area contributed by atoms with E-state index in [0.29, 0.717) is 10.6 Å². The first kappa shape index (κ1) is 16.2. The van der Waals surface area contributed by atoms with Gasteiger partial charge in [-0.1, -0.05) is 12.1 Å². The molecule has 3 aromatic heterocycles. The number of nitriles is 1. The number of fused-ring (bicyclic) bond motifs is 2. The average molecular weight is 390 g/mol. The largest absolute Gasteiger partial charge is 0.389 e. The van der Waals surface area contributed by atoms with Gasteiger partial charge >= 0.3 is 0 Å². The fraction of sp³-hybridized carbons (Fsp3) is 0.150. The molecule has 1 aliphatic heterocycles. The number of rotatable bonds is 2. The van der Waals surface area contributed by atoms with Gasteiger partial charge < -0.3 is 10.6 Å². The Morgan fingerprint density at radius 1 is 1.19 bits per heavy atom. The van der Waals surface area contributed by atoms with Crippen LogP contribution in [0.25, 0.3) is 22.3 Å². The fourth-order valence-electron chi connectivity index (χ4n) is 3.55. The van der Waals surface area contributed by atoms with Gasteiger partial charge in [0.2, 0.25) is 0 Å². The van der Waals surface area contributed by atoms with Gasteiger partial charge in [-0.3, -0.25) is 0 Å². The Morgan fingerprint density at radius 3 is 2.89 bits per heavy atom. The van der Waals surface area contributed by atoms with Gasteiger partial charge in [-0.05, 0) is 35.6 Å². The van der Waals surface area contributed by atoms with Crippen LogP contribution in [-0.4, -0.2) is 16.5 Å². The molecule has 0 fully saturated rings. The zero-order valence-electron chi connectivity index (χ0n) is 14.3. The third-order valence-electron chi connectivity index (χ3n) is 4.86. The molecule has 0 saturated heterocycles. The molecule has 0 saturated carbocycles. The maximum atomic E-state index is 9.37. The predicted octanol–water partition coefficient (Wildman–Crippen LogP) is 4.44. The van der Waals surface area contributed by atoms with Gasteiger partial charge in [-0.2, -0.15) is 16.6 Å². The number of nitrogens with zero attached hydrogens (tertiary/aromatic N) is 4. The highest BCUT2D eigenvalue weighted by Gasteiger charge is 2.26. The predicted molar refractivity (Wildman–Crippen MR) is 111 cm³/mol. The number of benzene rings is 1. The summed E-state index contributed by atoms with van der Waals surface area (Å²) in [6.07, 6.45) is 0.804. The van der Waals surface area contributed by atoms with Crippen LogP contribution >= 0.6 is 22.7 Å². The van der Waals surface area contributed by atoms with Crippen LogP contribution in [-0.2, 0) is 13.0 Å². The summed E-state index contributed by atoms with van der Waals surface area (Å²) in [5.74, 6) is 1.69. The minimum absolute atomic E-state index is 0.621. The van der Waals surface area contributed by atoms with Crippen molar-refractivity contribution in [1.82, 2.24) is 9.97 Å². The Balaban J connectivity index is 1.63. The Morgan fingerprint density at radius 2 is 2.07 bits per heavy atom. The van der Waals surface area contributed by atoms with E-state index in [1.165, 1.54) is 11.3 Å². The van der Waals surface area contributed by atoms with Crippen LogP contribution in [0.2, 0.25) is 0 Å². The van der Waals surface area contributed by atoms with Gasteiger partial charge in [0.15, 0.2) is 5.82 Å². The van der Waals surface area contributed by atoms with Crippen LogP contribution in [0.3, 0.4) is 0 Å². The monoisotopic (exact) mass is 389 g/mol. The van der Waals surface area contributed by atoms with E-state index in [0.717, 1.165) is 58.1 Å². The molecule has 7 heteroatoms. The molecule has 5 nitrogen and oxygen atoms in total. The maximum absolute atomic E-state index is 9.37. The van der Waals surface area contributed by atoms with Gasteiger partial charge in [0.25, 0.3) is 0 Å². The summed E-state index contributed by atoms with van der Waals surface area (Å²) in [6.45, 7) is 1.53. The van der Waals surface area contributed by atoms with E-state index >= 15 is 0 Å². The van der Waals surface area contributed by atoms with Crippen LogP contribution in [0.4, 0.5) is 10.8 Å². The molecular weight excluding hydrogens is 374 g/mol. The van der Waals surface area contributed by atoms with Crippen molar-refractivity contribution in [3.63, 3.8) is 0 Å². The smallest absolute Gasteiger partial charge is 0.162 e. The maximum Gasteiger partial charge on any atom is 0.162 e. The van der Waals surface area contributed by atoms with E-state index in [1.54, 1.807) is 11.3 Å². The number of nitrogens with two attached hydrogens (primary N) is 1. The Bertz CT molecular complexity index is 1190. The summed E-state index contributed by atoms with van der Waals surface area (Å²) in [7, 11) is 0. The number of thiophene rings is 2. The molecule has 0 bridgehead atoms. The van der Waals surface area contributed by atoms with E-state index in [4.69, 9.17) is 15.7 Å². The van der Waals surface area contributed by atoms with Gasteiger partial charge in [0, 0.05) is 27.8 Å². The molecule has 1 aliphatic rings. The van der Waals surface area contributed by atoms with E-state index < -0.39 is 0 Å². The fourth-order valence-corrected chi connectivity index (χ4v) is 5.27. The van der Waals surface area contributed by atoms with Crippen molar-refractivity contribution < 1.29 is 0 Å². The minimum atomic E-state index is 0.621. The van der Waals surface area contributed by atoms with Crippen LogP contribution in [0.5, 0.6) is 0 Å². The summed E-state index contributed by atoms with van der Waals surface area (Å²) in [5, 5.41) is 15.2. The van der Waals surface area contributed by atoms with Crippen molar-refractivity contribution in [1.29, 1.82) is 5.26 Å². The quantitative estimate of drug-likeness (QED) is 0.548. The van der Waals surface area contributed by atoms with Crippen molar-refractivity contribution in [3.05, 3.63) is 57.1 Å². The molecule has 27 heavy (non-hydrogen) atoms. The lowest BCUT2D eigenvalue weighted by molar-refractivity contribution is 0.735. The first-order chi connectivity index (χ1) is 13.2. The molecule has 0 atom stereocenters. The molecule has 4 aromatic rings. The van der Waals surface area contributed by atoms with Crippen molar-refractivity contribution in [2.45, 2.75) is 13.0 Å². The number of para-hydroxylation sites is 1. The van der Waals surface area contributed by atoms with E-state index in [2.05, 4.69) is 22.4 Å². The van der Waals surface area contributed by atoms with Gasteiger partial charge in [0.1, 0.15) is 16.9 Å². The van der Waals surface area contributed by atoms with Crippen molar-refractivity contribution in [3.8, 4) is 17.5 Å². The highest BCUT2D eigenvalue weighted by atomic mass is 32.1. The second kappa shape index (κ2) is 6.34. The molecule has 132 valence electrons. The topological polar surface area (TPSA) is 78.8 Å².